The highest BCUT2D eigenvalue weighted by Crippen LogP contribution is 2.38. The van der Waals surface area contributed by atoms with Crippen LogP contribution in [-0.2, 0) is 0 Å². The first-order valence-corrected chi connectivity index (χ1v) is 5.43. The number of hydrogen-bond donors (Lipinski definition) is 1. The van der Waals surface area contributed by atoms with Gasteiger partial charge in [-0.05, 0) is 37.2 Å². The van der Waals surface area contributed by atoms with Crippen LogP contribution in [0.15, 0.2) is 23.8 Å². The summed E-state index contributed by atoms with van der Waals surface area (Å²) in [5.74, 6) is 0.624. The molecule has 0 heterocycles. The summed E-state index contributed by atoms with van der Waals surface area (Å²) >= 11 is 1.00. The molecule has 2 atom stereocenters. The minimum absolute atomic E-state index is 0.324. The van der Waals surface area contributed by atoms with Crippen LogP contribution in [0.25, 0.3) is 0 Å². The summed E-state index contributed by atoms with van der Waals surface area (Å²) in [4.78, 5) is 0. The van der Waals surface area contributed by atoms with Gasteiger partial charge >= 0.3 is 0 Å². The van der Waals surface area contributed by atoms with E-state index in [9.17, 15) is 0 Å². The zero-order chi connectivity index (χ0) is 8.39. The lowest BCUT2D eigenvalue weighted by molar-refractivity contribution is 0.453. The summed E-state index contributed by atoms with van der Waals surface area (Å²) in [6.45, 7) is 0. The molecule has 1 nitrogen and oxygen atoms in total. The summed E-state index contributed by atoms with van der Waals surface area (Å²) in [5.41, 5.74) is 1.55. The molecule has 0 aromatic rings. The van der Waals surface area contributed by atoms with Crippen molar-refractivity contribution in [3.8, 4) is 0 Å². The molecule has 0 amide bonds. The molecule has 12 heavy (non-hydrogen) atoms. The normalized spacial score (nSPS) is 34.2. The fraction of sp³-hybridized carbons (Fsp3) is 0.600. The molecule has 0 radical (unpaired) electrons. The van der Waals surface area contributed by atoms with Gasteiger partial charge in [0.05, 0.1) is 5.25 Å². The van der Waals surface area contributed by atoms with E-state index in [1.165, 1.54) is 25.7 Å². The Hall–Kier alpha value is -0.210. The Bertz CT molecular complexity index is 220. The first-order valence-electron chi connectivity index (χ1n) is 4.59. The van der Waals surface area contributed by atoms with Crippen LogP contribution in [0, 0.1) is 5.92 Å². The van der Waals surface area contributed by atoms with E-state index in [1.54, 1.807) is 5.57 Å². The molecule has 2 rings (SSSR count). The highest BCUT2D eigenvalue weighted by Gasteiger charge is 2.27. The maximum Gasteiger partial charge on any atom is 0.0556 e. The quantitative estimate of drug-likeness (QED) is 0.628. The van der Waals surface area contributed by atoms with Crippen LogP contribution in [0.5, 0.6) is 0 Å². The largest absolute Gasteiger partial charge is 0.329 e. The van der Waals surface area contributed by atoms with Gasteiger partial charge in [-0.15, -0.1) is 0 Å². The Morgan fingerprint density at radius 2 is 2.33 bits per heavy atom. The first-order chi connectivity index (χ1) is 5.92. The Balaban J connectivity index is 2.15. The predicted molar refractivity (Wildman–Crippen MR) is 53.2 cm³/mol. The third-order valence-electron chi connectivity index (χ3n) is 2.84. The first kappa shape index (κ1) is 8.39. The molecule has 0 saturated heterocycles. The monoisotopic (exact) mass is 182 g/mol. The van der Waals surface area contributed by atoms with E-state index in [-0.39, 0.29) is 0 Å². The molecule has 2 aliphatic rings. The molecule has 2 heteroatoms. The molecule has 0 aromatic carbocycles. The van der Waals surface area contributed by atoms with E-state index in [1.807, 2.05) is 0 Å². The van der Waals surface area contributed by atoms with E-state index in [4.69, 9.17) is 4.55 Å². The highest BCUT2D eigenvalue weighted by atomic mass is 32.2. The summed E-state index contributed by atoms with van der Waals surface area (Å²) in [6.07, 6.45) is 11.6. The Morgan fingerprint density at radius 1 is 1.42 bits per heavy atom. The molecule has 1 N–H and O–H groups in total. The zero-order valence-corrected chi connectivity index (χ0v) is 7.89. The minimum atomic E-state index is 0.324. The molecule has 1 fully saturated rings. The molecule has 0 aromatic heterocycles. The van der Waals surface area contributed by atoms with E-state index in [2.05, 4.69) is 18.2 Å². The Labute approximate surface area is 77.8 Å². The molecule has 2 unspecified atom stereocenters. The van der Waals surface area contributed by atoms with E-state index >= 15 is 0 Å². The lowest BCUT2D eigenvalue weighted by atomic mass is 9.80. The summed E-state index contributed by atoms with van der Waals surface area (Å²) in [6, 6.07) is 0. The maximum atomic E-state index is 9.07. The van der Waals surface area contributed by atoms with Gasteiger partial charge in [-0.25, -0.2) is 0 Å². The van der Waals surface area contributed by atoms with E-state index in [0.29, 0.717) is 11.2 Å². The Kier molecular flexibility index (Phi) is 2.57. The van der Waals surface area contributed by atoms with Crippen molar-refractivity contribution in [3.63, 3.8) is 0 Å². The van der Waals surface area contributed by atoms with Gasteiger partial charge in [-0.3, -0.25) is 0 Å². The fourth-order valence-electron chi connectivity index (χ4n) is 2.18. The van der Waals surface area contributed by atoms with Crippen LogP contribution in [0.2, 0.25) is 0 Å². The van der Waals surface area contributed by atoms with Crippen molar-refractivity contribution in [1.29, 1.82) is 0 Å². The second kappa shape index (κ2) is 3.67. The van der Waals surface area contributed by atoms with Crippen molar-refractivity contribution in [2.45, 2.75) is 30.9 Å². The topological polar surface area (TPSA) is 20.2 Å². The van der Waals surface area contributed by atoms with Gasteiger partial charge < -0.3 is 4.55 Å². The predicted octanol–water partition coefficient (Wildman–Crippen LogP) is 3.25. The van der Waals surface area contributed by atoms with Gasteiger partial charge in [0.2, 0.25) is 0 Å². The van der Waals surface area contributed by atoms with E-state index in [0.717, 1.165) is 12.0 Å². The van der Waals surface area contributed by atoms with Gasteiger partial charge in [0.1, 0.15) is 0 Å². The van der Waals surface area contributed by atoms with Crippen LogP contribution < -0.4 is 0 Å². The van der Waals surface area contributed by atoms with Crippen LogP contribution >= 0.6 is 12.0 Å². The van der Waals surface area contributed by atoms with Gasteiger partial charge in [0, 0.05) is 0 Å². The average molecular weight is 182 g/mol. The summed E-state index contributed by atoms with van der Waals surface area (Å²) in [5, 5.41) is 0.324. The second-order valence-corrected chi connectivity index (χ2v) is 4.30. The zero-order valence-electron chi connectivity index (χ0n) is 7.07. The third kappa shape index (κ3) is 1.46. The van der Waals surface area contributed by atoms with Crippen LogP contribution in [0.3, 0.4) is 0 Å². The standard InChI is InChI=1S/C10H14OS/c11-12-10-7-3-5-8-4-1-2-6-9(8)10/h3,5,7,9-11H,1-2,4,6H2. The number of allylic oxidation sites excluding steroid dienone is 3. The van der Waals surface area contributed by atoms with Crippen molar-refractivity contribution in [1.82, 2.24) is 0 Å². The van der Waals surface area contributed by atoms with Crippen molar-refractivity contribution in [3.05, 3.63) is 23.8 Å². The van der Waals surface area contributed by atoms with Crippen molar-refractivity contribution < 1.29 is 4.55 Å². The van der Waals surface area contributed by atoms with Gasteiger partial charge in [0.15, 0.2) is 0 Å². The average Bonchev–Trinajstić information content (AvgIpc) is 2.17. The summed E-state index contributed by atoms with van der Waals surface area (Å²) < 4.78 is 9.07. The molecular weight excluding hydrogens is 168 g/mol. The number of rotatable bonds is 1. The molecule has 66 valence electrons. The lowest BCUT2D eigenvalue weighted by Gasteiger charge is -2.31. The SMILES string of the molecule is OSC1C=CC=C2CCCCC21. The van der Waals surface area contributed by atoms with Gasteiger partial charge in [0.25, 0.3) is 0 Å². The van der Waals surface area contributed by atoms with Gasteiger partial charge in [-0.2, -0.15) is 0 Å². The van der Waals surface area contributed by atoms with Crippen LogP contribution in [0.4, 0.5) is 0 Å². The fourth-order valence-corrected chi connectivity index (χ4v) is 2.80. The number of fused-ring (bicyclic) bond motifs is 1. The molecule has 0 aliphatic heterocycles. The maximum absolute atomic E-state index is 9.07. The minimum Gasteiger partial charge on any atom is -0.329 e. The lowest BCUT2D eigenvalue weighted by Crippen LogP contribution is -2.22. The van der Waals surface area contributed by atoms with Crippen LogP contribution in [-0.4, -0.2) is 9.80 Å². The third-order valence-corrected chi connectivity index (χ3v) is 3.57. The van der Waals surface area contributed by atoms with Crippen molar-refractivity contribution in [2.75, 3.05) is 0 Å². The molecule has 2 aliphatic carbocycles. The van der Waals surface area contributed by atoms with Gasteiger partial charge in [-0.1, -0.05) is 30.2 Å². The second-order valence-electron chi connectivity index (χ2n) is 3.55. The molecule has 0 spiro atoms. The molecular formula is C10H14OS. The van der Waals surface area contributed by atoms with E-state index < -0.39 is 0 Å². The number of hydrogen-bond acceptors (Lipinski definition) is 2. The van der Waals surface area contributed by atoms with Crippen molar-refractivity contribution in [2.24, 2.45) is 5.92 Å². The Morgan fingerprint density at radius 3 is 3.17 bits per heavy atom. The smallest absolute Gasteiger partial charge is 0.0556 e. The van der Waals surface area contributed by atoms with Crippen LogP contribution in [0.1, 0.15) is 25.7 Å². The molecule has 0 bridgehead atoms. The highest BCUT2D eigenvalue weighted by molar-refractivity contribution is 7.94. The summed E-state index contributed by atoms with van der Waals surface area (Å²) in [7, 11) is 0. The van der Waals surface area contributed by atoms with Crippen molar-refractivity contribution >= 4 is 12.0 Å². The molecule has 1 saturated carbocycles.